The second-order valence-corrected chi connectivity index (χ2v) is 7.22. The molecule has 0 spiro atoms. The maximum absolute atomic E-state index is 12.3. The minimum absolute atomic E-state index is 0.164. The van der Waals surface area contributed by atoms with Crippen molar-refractivity contribution in [2.45, 2.75) is 37.6 Å². The molecule has 5 nitrogen and oxygen atoms in total. The van der Waals surface area contributed by atoms with Crippen LogP contribution in [0.2, 0.25) is 0 Å². The summed E-state index contributed by atoms with van der Waals surface area (Å²) in [4.78, 5) is 2.47. The Morgan fingerprint density at radius 1 is 1.35 bits per heavy atom. The van der Waals surface area contributed by atoms with E-state index in [0.29, 0.717) is 12.2 Å². The summed E-state index contributed by atoms with van der Waals surface area (Å²) in [5.41, 5.74) is 7.05. The Labute approximate surface area is 121 Å². The summed E-state index contributed by atoms with van der Waals surface area (Å²) in [6.07, 6.45) is 2.39. The van der Waals surface area contributed by atoms with E-state index in [1.54, 1.807) is 18.2 Å². The van der Waals surface area contributed by atoms with E-state index < -0.39 is 10.0 Å². The molecule has 2 rings (SSSR count). The number of hydrogen-bond donors (Lipinski definition) is 2. The molecule has 20 heavy (non-hydrogen) atoms. The fourth-order valence-electron chi connectivity index (χ4n) is 2.53. The Bertz CT molecular complexity index is 566. The highest BCUT2D eigenvalue weighted by atomic mass is 32.2. The van der Waals surface area contributed by atoms with Gasteiger partial charge in [-0.3, -0.25) is 4.90 Å². The molecule has 1 aliphatic rings. The van der Waals surface area contributed by atoms with Crippen LogP contribution in [0.1, 0.15) is 25.3 Å². The van der Waals surface area contributed by atoms with E-state index in [4.69, 9.17) is 5.73 Å². The van der Waals surface area contributed by atoms with Gasteiger partial charge in [0.15, 0.2) is 0 Å². The second kappa shape index (κ2) is 6.11. The average molecular weight is 297 g/mol. The van der Waals surface area contributed by atoms with Crippen molar-refractivity contribution in [3.63, 3.8) is 0 Å². The Kier molecular flexibility index (Phi) is 4.67. The summed E-state index contributed by atoms with van der Waals surface area (Å²) in [5.74, 6) is 0. The van der Waals surface area contributed by atoms with Gasteiger partial charge in [-0.25, -0.2) is 13.1 Å². The average Bonchev–Trinajstić information content (AvgIpc) is 2.89. The predicted octanol–water partition coefficient (Wildman–Crippen LogP) is 1.34. The van der Waals surface area contributed by atoms with Crippen molar-refractivity contribution >= 4 is 15.7 Å². The lowest BCUT2D eigenvalue weighted by Crippen LogP contribution is -2.40. The number of sulfonamides is 1. The summed E-state index contributed by atoms with van der Waals surface area (Å²) in [6, 6.07) is 5.21. The fraction of sp³-hybridized carbons (Fsp3) is 0.571. The highest BCUT2D eigenvalue weighted by Crippen LogP contribution is 2.19. The highest BCUT2D eigenvalue weighted by molar-refractivity contribution is 7.89. The van der Waals surface area contributed by atoms with Gasteiger partial charge >= 0.3 is 0 Å². The van der Waals surface area contributed by atoms with Crippen molar-refractivity contribution < 1.29 is 8.42 Å². The molecule has 0 aliphatic carbocycles. The number of nitrogens with one attached hydrogen (secondary N) is 1. The molecule has 0 bridgehead atoms. The summed E-state index contributed by atoms with van der Waals surface area (Å²) in [7, 11) is -3.53. The summed E-state index contributed by atoms with van der Waals surface area (Å²) < 4.78 is 27.2. The van der Waals surface area contributed by atoms with E-state index in [1.807, 2.05) is 13.8 Å². The summed E-state index contributed by atoms with van der Waals surface area (Å²) in [6.45, 7) is 6.45. The molecule has 0 aromatic heterocycles. The van der Waals surface area contributed by atoms with Crippen LogP contribution in [0.15, 0.2) is 23.1 Å². The molecular weight excluding hydrogens is 274 g/mol. The van der Waals surface area contributed by atoms with Crippen LogP contribution in [-0.4, -0.2) is 39.0 Å². The molecule has 3 N–H and O–H groups in total. The topological polar surface area (TPSA) is 75.4 Å². The zero-order valence-electron chi connectivity index (χ0n) is 12.1. The largest absolute Gasteiger partial charge is 0.398 e. The fourth-order valence-corrected chi connectivity index (χ4v) is 3.76. The molecule has 1 heterocycles. The maximum Gasteiger partial charge on any atom is 0.242 e. The molecule has 1 fully saturated rings. The van der Waals surface area contributed by atoms with E-state index in [1.165, 1.54) is 12.8 Å². The molecule has 1 aliphatic heterocycles. The lowest BCUT2D eigenvalue weighted by atomic mass is 10.2. The predicted molar refractivity (Wildman–Crippen MR) is 81.0 cm³/mol. The zero-order chi connectivity index (χ0) is 14.8. The normalized spacial score (nSPS) is 18.3. The molecule has 1 atom stereocenters. The van der Waals surface area contributed by atoms with E-state index in [9.17, 15) is 8.42 Å². The molecule has 0 amide bonds. The van der Waals surface area contributed by atoms with Gasteiger partial charge in [0, 0.05) is 12.6 Å². The molecule has 112 valence electrons. The van der Waals surface area contributed by atoms with E-state index in [-0.39, 0.29) is 10.9 Å². The first kappa shape index (κ1) is 15.3. The Morgan fingerprint density at radius 2 is 2.00 bits per heavy atom. The number of nitrogens with two attached hydrogens (primary N) is 1. The summed E-state index contributed by atoms with van der Waals surface area (Å²) >= 11 is 0. The van der Waals surface area contributed by atoms with Crippen LogP contribution in [0.5, 0.6) is 0 Å². The molecule has 0 saturated carbocycles. The molecule has 1 aromatic carbocycles. The number of nitrogens with zero attached hydrogens (tertiary/aromatic N) is 1. The molecule has 1 unspecified atom stereocenters. The number of likely N-dealkylation sites (tertiary alicyclic amines) is 1. The first-order chi connectivity index (χ1) is 9.40. The SMILES string of the molecule is Cc1ccc(S(=O)(=O)NCC(C)N2CCCC2)c(N)c1. The third-order valence-electron chi connectivity index (χ3n) is 3.79. The van der Waals surface area contributed by atoms with Crippen molar-refractivity contribution in [2.75, 3.05) is 25.4 Å². The van der Waals surface area contributed by atoms with Crippen LogP contribution in [-0.2, 0) is 10.0 Å². The number of hydrogen-bond acceptors (Lipinski definition) is 4. The van der Waals surface area contributed by atoms with Gasteiger partial charge in [-0.15, -0.1) is 0 Å². The van der Waals surface area contributed by atoms with Crippen molar-refractivity contribution in [3.8, 4) is 0 Å². The highest BCUT2D eigenvalue weighted by Gasteiger charge is 2.22. The van der Waals surface area contributed by atoms with Gasteiger partial charge < -0.3 is 5.73 Å². The van der Waals surface area contributed by atoms with Crippen molar-refractivity contribution in [2.24, 2.45) is 0 Å². The Hall–Kier alpha value is -1.11. The van der Waals surface area contributed by atoms with Gasteiger partial charge in [-0.2, -0.15) is 0 Å². The van der Waals surface area contributed by atoms with Crippen molar-refractivity contribution in [3.05, 3.63) is 23.8 Å². The second-order valence-electron chi connectivity index (χ2n) is 5.49. The van der Waals surface area contributed by atoms with Gasteiger partial charge in [0.05, 0.1) is 5.69 Å². The molecular formula is C14H23N3O2S. The number of rotatable bonds is 5. The molecule has 1 saturated heterocycles. The standard InChI is InChI=1S/C14H23N3O2S/c1-11-5-6-14(13(15)9-11)20(18,19)16-10-12(2)17-7-3-4-8-17/h5-6,9,12,16H,3-4,7-8,10,15H2,1-2H3. The molecule has 1 aromatic rings. The third-order valence-corrected chi connectivity index (χ3v) is 5.29. The first-order valence-corrected chi connectivity index (χ1v) is 8.48. The monoisotopic (exact) mass is 297 g/mol. The van der Waals surface area contributed by atoms with Gasteiger partial charge in [-0.05, 0) is 57.5 Å². The van der Waals surface area contributed by atoms with Crippen LogP contribution in [0.4, 0.5) is 5.69 Å². The van der Waals surface area contributed by atoms with Crippen LogP contribution in [0.3, 0.4) is 0 Å². The first-order valence-electron chi connectivity index (χ1n) is 7.00. The Balaban J connectivity index is 2.03. The van der Waals surface area contributed by atoms with Crippen molar-refractivity contribution in [1.82, 2.24) is 9.62 Å². The Morgan fingerprint density at radius 3 is 2.60 bits per heavy atom. The smallest absolute Gasteiger partial charge is 0.242 e. The molecule has 0 radical (unpaired) electrons. The van der Waals surface area contributed by atoms with E-state index in [0.717, 1.165) is 18.7 Å². The number of nitrogen functional groups attached to an aromatic ring is 1. The van der Waals surface area contributed by atoms with Gasteiger partial charge in [-0.1, -0.05) is 6.07 Å². The number of anilines is 1. The van der Waals surface area contributed by atoms with Gasteiger partial charge in [0.25, 0.3) is 0 Å². The molecule has 6 heteroatoms. The summed E-state index contributed by atoms with van der Waals surface area (Å²) in [5, 5.41) is 0. The number of benzene rings is 1. The maximum atomic E-state index is 12.3. The van der Waals surface area contributed by atoms with Crippen LogP contribution in [0.25, 0.3) is 0 Å². The minimum atomic E-state index is -3.53. The minimum Gasteiger partial charge on any atom is -0.398 e. The number of aryl methyl sites for hydroxylation is 1. The van der Waals surface area contributed by atoms with Gasteiger partial charge in [0.1, 0.15) is 4.90 Å². The van der Waals surface area contributed by atoms with Crippen LogP contribution >= 0.6 is 0 Å². The lowest BCUT2D eigenvalue weighted by Gasteiger charge is -2.24. The quantitative estimate of drug-likeness (QED) is 0.804. The van der Waals surface area contributed by atoms with Crippen molar-refractivity contribution in [1.29, 1.82) is 0 Å². The third kappa shape index (κ3) is 3.50. The van der Waals surface area contributed by atoms with E-state index in [2.05, 4.69) is 9.62 Å². The van der Waals surface area contributed by atoms with E-state index >= 15 is 0 Å². The van der Waals surface area contributed by atoms with Crippen LogP contribution in [0, 0.1) is 6.92 Å². The van der Waals surface area contributed by atoms with Crippen LogP contribution < -0.4 is 10.5 Å². The zero-order valence-corrected chi connectivity index (χ0v) is 12.9. The lowest BCUT2D eigenvalue weighted by molar-refractivity contribution is 0.260. The van der Waals surface area contributed by atoms with Gasteiger partial charge in [0.2, 0.25) is 10.0 Å².